The van der Waals surface area contributed by atoms with Gasteiger partial charge in [0, 0.05) is 10.6 Å². The van der Waals surface area contributed by atoms with E-state index in [1.165, 1.54) is 4.90 Å². The van der Waals surface area contributed by atoms with Gasteiger partial charge in [-0.05, 0) is 80.9 Å². The number of furan rings is 1. The van der Waals surface area contributed by atoms with Crippen molar-refractivity contribution in [3.63, 3.8) is 0 Å². The maximum absolute atomic E-state index is 13.7. The number of pyridine rings is 1. The molecule has 2 aromatic heterocycles. The maximum Gasteiger partial charge on any atom is 0.260 e. The van der Waals surface area contributed by atoms with E-state index in [0.29, 0.717) is 23.7 Å². The largest absolute Gasteiger partial charge is 0.507 e. The highest BCUT2D eigenvalue weighted by Gasteiger charge is 2.31. The van der Waals surface area contributed by atoms with Gasteiger partial charge in [-0.25, -0.2) is 0 Å². The van der Waals surface area contributed by atoms with Gasteiger partial charge in [-0.1, -0.05) is 19.1 Å². The topological polar surface area (TPSA) is 58.6 Å². The minimum absolute atomic E-state index is 0.0655. The van der Waals surface area contributed by atoms with Crippen LogP contribution in [0.2, 0.25) is 0 Å². The van der Waals surface area contributed by atoms with Crippen molar-refractivity contribution < 1.29 is 9.52 Å². The fourth-order valence-electron chi connectivity index (χ4n) is 4.41. The molecule has 3 aromatic rings. The second kappa shape index (κ2) is 9.37. The maximum atomic E-state index is 13.7. The summed E-state index contributed by atoms with van der Waals surface area (Å²) in [6, 6.07) is 13.5. The number of nitrogens with zero attached hydrogens (tertiary/aromatic N) is 2. The fourth-order valence-corrected chi connectivity index (χ4v) is 4.82. The molecular weight excluding hydrogens is 408 g/mol. The van der Waals surface area contributed by atoms with Crippen molar-refractivity contribution in [3.05, 3.63) is 81.7 Å². The molecule has 0 saturated carbocycles. The third-order valence-corrected chi connectivity index (χ3v) is 7.05. The van der Waals surface area contributed by atoms with Crippen LogP contribution in [0.25, 0.3) is 0 Å². The zero-order valence-corrected chi connectivity index (χ0v) is 19.2. The van der Waals surface area contributed by atoms with Crippen LogP contribution >= 0.6 is 11.8 Å². The Hall–Kier alpha value is -2.44. The summed E-state index contributed by atoms with van der Waals surface area (Å²) in [7, 11) is 0. The first kappa shape index (κ1) is 21.8. The average molecular weight is 439 g/mol. The van der Waals surface area contributed by atoms with E-state index >= 15 is 0 Å². The first-order valence-electron chi connectivity index (χ1n) is 10.8. The van der Waals surface area contributed by atoms with E-state index in [4.69, 9.17) is 4.42 Å². The normalized spacial score (nSPS) is 16.5. The Balaban J connectivity index is 1.82. The molecule has 0 bridgehead atoms. The van der Waals surface area contributed by atoms with Crippen LogP contribution in [0.15, 0.2) is 62.8 Å². The molecule has 1 atom stereocenters. The zero-order chi connectivity index (χ0) is 22.0. The van der Waals surface area contributed by atoms with Gasteiger partial charge in [-0.3, -0.25) is 9.69 Å². The predicted octanol–water partition coefficient (Wildman–Crippen LogP) is 5.05. The Morgan fingerprint density at radius 3 is 2.52 bits per heavy atom. The molecular formula is C25H30N2O3S. The summed E-state index contributed by atoms with van der Waals surface area (Å²) < 4.78 is 7.18. The molecule has 1 aliphatic rings. The summed E-state index contributed by atoms with van der Waals surface area (Å²) in [4.78, 5) is 17.2. The molecule has 1 aromatic carbocycles. The quantitative estimate of drug-likeness (QED) is 0.546. The molecule has 31 heavy (non-hydrogen) atoms. The molecule has 3 heterocycles. The molecule has 0 spiro atoms. The van der Waals surface area contributed by atoms with Crippen molar-refractivity contribution in [3.8, 4) is 5.75 Å². The summed E-state index contributed by atoms with van der Waals surface area (Å²) in [5, 5.41) is 11.0. The Kier molecular flexibility index (Phi) is 6.58. The minimum Gasteiger partial charge on any atom is -0.507 e. The summed E-state index contributed by atoms with van der Waals surface area (Å²) in [6.07, 6.45) is 5.85. The van der Waals surface area contributed by atoms with Gasteiger partial charge < -0.3 is 14.1 Å². The van der Waals surface area contributed by atoms with Crippen molar-refractivity contribution in [2.75, 3.05) is 19.3 Å². The lowest BCUT2D eigenvalue weighted by Gasteiger charge is -2.37. The van der Waals surface area contributed by atoms with Gasteiger partial charge in [0.15, 0.2) is 0 Å². The summed E-state index contributed by atoms with van der Waals surface area (Å²) in [6.45, 7) is 6.28. The van der Waals surface area contributed by atoms with E-state index in [1.54, 1.807) is 28.7 Å². The van der Waals surface area contributed by atoms with Crippen molar-refractivity contribution in [2.45, 2.75) is 44.2 Å². The van der Waals surface area contributed by atoms with Crippen molar-refractivity contribution in [1.29, 1.82) is 0 Å². The minimum atomic E-state index is -0.278. The molecule has 0 aliphatic carbocycles. The highest BCUT2D eigenvalue weighted by Crippen LogP contribution is 2.35. The standard InChI is InChI=1S/C25H30N2O3S/c1-17-10-12-26(13-11-17)24(19-6-8-21(31-3)9-7-19)23-22(28)15-18(2)27(25(23)29)16-20-5-4-14-30-20/h4-9,14-15,17,24,28H,10-13,16H2,1-3H3. The van der Waals surface area contributed by atoms with Gasteiger partial charge in [-0.15, -0.1) is 11.8 Å². The van der Waals surface area contributed by atoms with Crippen LogP contribution in [-0.2, 0) is 6.54 Å². The highest BCUT2D eigenvalue weighted by molar-refractivity contribution is 7.98. The molecule has 6 heteroatoms. The number of aromatic nitrogens is 1. The van der Waals surface area contributed by atoms with E-state index in [9.17, 15) is 9.90 Å². The molecule has 164 valence electrons. The molecule has 0 amide bonds. The van der Waals surface area contributed by atoms with Crippen LogP contribution in [0.3, 0.4) is 0 Å². The second-order valence-electron chi connectivity index (χ2n) is 8.45. The second-order valence-corrected chi connectivity index (χ2v) is 9.33. The van der Waals surface area contributed by atoms with E-state index in [2.05, 4.69) is 42.3 Å². The fraction of sp³-hybridized carbons (Fsp3) is 0.400. The predicted molar refractivity (Wildman–Crippen MR) is 125 cm³/mol. The number of rotatable bonds is 6. The van der Waals surface area contributed by atoms with Gasteiger partial charge in [-0.2, -0.15) is 0 Å². The number of aryl methyl sites for hydroxylation is 1. The number of hydrogen-bond donors (Lipinski definition) is 1. The van der Waals surface area contributed by atoms with Gasteiger partial charge >= 0.3 is 0 Å². The van der Waals surface area contributed by atoms with E-state index in [-0.39, 0.29) is 17.4 Å². The number of benzene rings is 1. The lowest BCUT2D eigenvalue weighted by atomic mass is 9.92. The number of piperidine rings is 1. The molecule has 1 N–H and O–H groups in total. The van der Waals surface area contributed by atoms with E-state index in [0.717, 1.165) is 37.3 Å². The molecule has 5 nitrogen and oxygen atoms in total. The first-order chi connectivity index (χ1) is 15.0. The zero-order valence-electron chi connectivity index (χ0n) is 18.4. The lowest BCUT2D eigenvalue weighted by Crippen LogP contribution is -2.40. The Morgan fingerprint density at radius 2 is 1.90 bits per heavy atom. The van der Waals surface area contributed by atoms with Crippen LogP contribution in [0, 0.1) is 12.8 Å². The van der Waals surface area contributed by atoms with Gasteiger partial charge in [0.1, 0.15) is 11.5 Å². The Labute approximate surface area is 187 Å². The molecule has 1 unspecified atom stereocenters. The summed E-state index contributed by atoms with van der Waals surface area (Å²) in [5.41, 5.74) is 2.04. The average Bonchev–Trinajstić information content (AvgIpc) is 3.28. The van der Waals surface area contributed by atoms with Crippen molar-refractivity contribution in [1.82, 2.24) is 9.47 Å². The van der Waals surface area contributed by atoms with Crippen LogP contribution in [0.1, 0.15) is 48.4 Å². The Bertz CT molecular complexity index is 1070. The van der Waals surface area contributed by atoms with Crippen LogP contribution in [0.4, 0.5) is 0 Å². The lowest BCUT2D eigenvalue weighted by molar-refractivity contribution is 0.154. The third kappa shape index (κ3) is 4.60. The smallest absolute Gasteiger partial charge is 0.260 e. The summed E-state index contributed by atoms with van der Waals surface area (Å²) in [5.74, 6) is 1.46. The van der Waals surface area contributed by atoms with Crippen molar-refractivity contribution in [2.24, 2.45) is 5.92 Å². The number of likely N-dealkylation sites (tertiary alicyclic amines) is 1. The molecule has 0 radical (unpaired) electrons. The number of aromatic hydroxyl groups is 1. The summed E-state index contributed by atoms with van der Waals surface area (Å²) >= 11 is 1.69. The van der Waals surface area contributed by atoms with E-state index in [1.807, 2.05) is 19.1 Å². The number of thioether (sulfide) groups is 1. The van der Waals surface area contributed by atoms with Gasteiger partial charge in [0.05, 0.1) is 24.4 Å². The Morgan fingerprint density at radius 1 is 1.19 bits per heavy atom. The highest BCUT2D eigenvalue weighted by atomic mass is 32.2. The van der Waals surface area contributed by atoms with E-state index < -0.39 is 0 Å². The SMILES string of the molecule is CSc1ccc(C(c2c(O)cc(C)n(Cc3ccco3)c2=O)N2CCC(C)CC2)cc1. The molecule has 1 saturated heterocycles. The monoisotopic (exact) mass is 438 g/mol. The van der Waals surface area contributed by atoms with Crippen LogP contribution in [0.5, 0.6) is 5.75 Å². The third-order valence-electron chi connectivity index (χ3n) is 6.31. The van der Waals surface area contributed by atoms with Crippen LogP contribution in [-0.4, -0.2) is 33.9 Å². The van der Waals surface area contributed by atoms with Gasteiger partial charge in [0.2, 0.25) is 0 Å². The van der Waals surface area contributed by atoms with Crippen LogP contribution < -0.4 is 5.56 Å². The van der Waals surface area contributed by atoms with Crippen molar-refractivity contribution >= 4 is 11.8 Å². The number of hydrogen-bond acceptors (Lipinski definition) is 5. The van der Waals surface area contributed by atoms with Gasteiger partial charge in [0.25, 0.3) is 5.56 Å². The first-order valence-corrected chi connectivity index (χ1v) is 12.0. The molecule has 1 fully saturated rings. The molecule has 4 rings (SSSR count). The molecule has 1 aliphatic heterocycles.